The lowest BCUT2D eigenvalue weighted by Gasteiger charge is -2.11. The Morgan fingerprint density at radius 1 is 1.18 bits per heavy atom. The van der Waals surface area contributed by atoms with Crippen LogP contribution in [0.5, 0.6) is 0 Å². The molecule has 0 atom stereocenters. The summed E-state index contributed by atoms with van der Waals surface area (Å²) in [5.41, 5.74) is 1.87. The molecule has 17 heavy (non-hydrogen) atoms. The molecule has 0 unspecified atom stereocenters. The van der Waals surface area contributed by atoms with E-state index in [1.165, 1.54) is 0 Å². The van der Waals surface area contributed by atoms with Crippen molar-refractivity contribution < 1.29 is 14.4 Å². The van der Waals surface area contributed by atoms with Crippen LogP contribution in [0, 0.1) is 0 Å². The minimum atomic E-state index is -0.396. The highest BCUT2D eigenvalue weighted by molar-refractivity contribution is 6.20. The van der Waals surface area contributed by atoms with Gasteiger partial charge in [-0.3, -0.25) is 14.4 Å². The number of hydrogen-bond acceptors (Lipinski definition) is 3. The molecule has 0 fully saturated rings. The number of carbonyl (C=O) groups is 2. The van der Waals surface area contributed by atoms with E-state index < -0.39 is 11.8 Å². The Morgan fingerprint density at radius 2 is 1.71 bits per heavy atom. The van der Waals surface area contributed by atoms with E-state index in [1.807, 2.05) is 19.9 Å². The van der Waals surface area contributed by atoms with Crippen LogP contribution >= 0.6 is 0 Å². The van der Waals surface area contributed by atoms with Crippen molar-refractivity contribution in [2.75, 3.05) is 6.61 Å². The summed E-state index contributed by atoms with van der Waals surface area (Å²) >= 11 is 0. The summed E-state index contributed by atoms with van der Waals surface area (Å²) in [4.78, 5) is 28.9. The summed E-state index contributed by atoms with van der Waals surface area (Å²) in [5.74, 6) is -0.791. The zero-order chi connectivity index (χ0) is 12.4. The average molecular weight is 231 g/mol. The van der Waals surface area contributed by atoms with Gasteiger partial charge in [-0.25, -0.2) is 0 Å². The maximum Gasteiger partial charge on any atom is 0.285 e. The van der Waals surface area contributed by atoms with Gasteiger partial charge >= 0.3 is 0 Å². The second-order valence-electron chi connectivity index (χ2n) is 4.03. The highest BCUT2D eigenvalue weighted by Crippen LogP contribution is 2.22. The van der Waals surface area contributed by atoms with Crippen LogP contribution in [0.3, 0.4) is 0 Å². The van der Waals surface area contributed by atoms with Crippen LogP contribution in [0.2, 0.25) is 0 Å². The fourth-order valence-electron chi connectivity index (χ4n) is 1.56. The van der Waals surface area contributed by atoms with Gasteiger partial charge in [-0.1, -0.05) is 23.8 Å². The molecule has 0 saturated carbocycles. The molecule has 0 radical (unpaired) electrons. The molecule has 0 bridgehead atoms. The van der Waals surface area contributed by atoms with Crippen molar-refractivity contribution in [3.63, 3.8) is 0 Å². The van der Waals surface area contributed by atoms with E-state index >= 15 is 0 Å². The molecule has 2 rings (SSSR count). The van der Waals surface area contributed by atoms with Crippen molar-refractivity contribution in [1.29, 1.82) is 0 Å². The molecule has 1 aromatic carbocycles. The number of rotatable bonds is 3. The largest absolute Gasteiger partial charge is 0.285 e. The SMILES string of the molecule is CC(C)=CCON1C(=O)c2ccccc2C1=O. The van der Waals surface area contributed by atoms with Crippen LogP contribution in [-0.2, 0) is 4.84 Å². The predicted molar refractivity (Wildman–Crippen MR) is 62.3 cm³/mol. The van der Waals surface area contributed by atoms with Gasteiger partial charge in [0.1, 0.15) is 0 Å². The Kier molecular flexibility index (Phi) is 3.06. The molecule has 4 heteroatoms. The molecule has 1 aliphatic rings. The minimum Gasteiger partial charge on any atom is -0.266 e. The molecular formula is C13H13NO3. The molecule has 0 aromatic heterocycles. The summed E-state index contributed by atoms with van der Waals surface area (Å²) in [6.45, 7) is 4.06. The Balaban J connectivity index is 2.16. The van der Waals surface area contributed by atoms with Gasteiger partial charge in [-0.05, 0) is 26.0 Å². The van der Waals surface area contributed by atoms with Crippen molar-refractivity contribution in [3.8, 4) is 0 Å². The van der Waals surface area contributed by atoms with Crippen molar-refractivity contribution in [3.05, 3.63) is 47.0 Å². The minimum absolute atomic E-state index is 0.216. The lowest BCUT2D eigenvalue weighted by Crippen LogP contribution is -2.30. The van der Waals surface area contributed by atoms with Crippen molar-refractivity contribution in [1.82, 2.24) is 5.06 Å². The maximum atomic E-state index is 11.8. The lowest BCUT2D eigenvalue weighted by molar-refractivity contribution is -0.0803. The van der Waals surface area contributed by atoms with Gasteiger partial charge in [0, 0.05) is 0 Å². The number of amides is 2. The molecule has 0 spiro atoms. The number of imide groups is 1. The van der Waals surface area contributed by atoms with Gasteiger partial charge in [0.25, 0.3) is 11.8 Å². The zero-order valence-corrected chi connectivity index (χ0v) is 9.77. The third-order valence-electron chi connectivity index (χ3n) is 2.45. The highest BCUT2D eigenvalue weighted by Gasteiger charge is 2.36. The molecular weight excluding hydrogens is 218 g/mol. The Bertz CT molecular complexity index is 466. The Hall–Kier alpha value is -1.94. The van der Waals surface area contributed by atoms with Crippen LogP contribution in [0.4, 0.5) is 0 Å². The van der Waals surface area contributed by atoms with E-state index in [1.54, 1.807) is 24.3 Å². The summed E-state index contributed by atoms with van der Waals surface area (Å²) < 4.78 is 0. The molecule has 88 valence electrons. The van der Waals surface area contributed by atoms with Crippen molar-refractivity contribution >= 4 is 11.8 Å². The van der Waals surface area contributed by atoms with Crippen molar-refractivity contribution in [2.24, 2.45) is 0 Å². The molecule has 2 amide bonds. The lowest BCUT2D eigenvalue weighted by atomic mass is 10.1. The summed E-state index contributed by atoms with van der Waals surface area (Å²) in [5, 5.41) is 0.824. The molecule has 1 heterocycles. The van der Waals surface area contributed by atoms with E-state index in [0.29, 0.717) is 11.1 Å². The fraction of sp³-hybridized carbons (Fsp3) is 0.231. The number of carbonyl (C=O) groups excluding carboxylic acids is 2. The van der Waals surface area contributed by atoms with Gasteiger partial charge in [0.2, 0.25) is 0 Å². The van der Waals surface area contributed by atoms with E-state index in [4.69, 9.17) is 4.84 Å². The van der Waals surface area contributed by atoms with E-state index in [9.17, 15) is 9.59 Å². The summed E-state index contributed by atoms with van der Waals surface area (Å²) in [6.07, 6.45) is 1.81. The number of benzene rings is 1. The third-order valence-corrected chi connectivity index (χ3v) is 2.45. The van der Waals surface area contributed by atoms with Crippen LogP contribution in [0.1, 0.15) is 34.6 Å². The summed E-state index contributed by atoms with van der Waals surface area (Å²) in [6, 6.07) is 6.70. The first-order valence-corrected chi connectivity index (χ1v) is 5.35. The van der Waals surface area contributed by atoms with Gasteiger partial charge in [-0.2, -0.15) is 0 Å². The average Bonchev–Trinajstić information content (AvgIpc) is 2.54. The monoisotopic (exact) mass is 231 g/mol. The zero-order valence-electron chi connectivity index (χ0n) is 9.77. The smallest absolute Gasteiger partial charge is 0.266 e. The van der Waals surface area contributed by atoms with Gasteiger partial charge in [-0.15, -0.1) is 5.06 Å². The number of fused-ring (bicyclic) bond motifs is 1. The second kappa shape index (κ2) is 4.51. The molecule has 0 saturated heterocycles. The molecule has 1 aliphatic heterocycles. The summed E-state index contributed by atoms with van der Waals surface area (Å²) in [7, 11) is 0. The number of allylic oxidation sites excluding steroid dienone is 1. The quantitative estimate of drug-likeness (QED) is 0.591. The number of hydrogen-bond donors (Lipinski definition) is 0. The van der Waals surface area contributed by atoms with Crippen molar-refractivity contribution in [2.45, 2.75) is 13.8 Å². The maximum absolute atomic E-state index is 11.8. The van der Waals surface area contributed by atoms with Crippen LogP contribution in [0.15, 0.2) is 35.9 Å². The van der Waals surface area contributed by atoms with Gasteiger partial charge in [0.15, 0.2) is 0 Å². The van der Waals surface area contributed by atoms with Gasteiger partial charge < -0.3 is 0 Å². The third kappa shape index (κ3) is 2.12. The van der Waals surface area contributed by atoms with Crippen LogP contribution in [0.25, 0.3) is 0 Å². The standard InChI is InChI=1S/C13H13NO3/c1-9(2)7-8-17-14-12(15)10-5-3-4-6-11(10)13(14)16/h3-7H,8H2,1-2H3. The first kappa shape index (κ1) is 11.5. The Morgan fingerprint density at radius 3 is 2.18 bits per heavy atom. The normalized spacial score (nSPS) is 13.9. The van der Waals surface area contributed by atoms with E-state index in [-0.39, 0.29) is 6.61 Å². The Labute approximate surface area is 99.4 Å². The van der Waals surface area contributed by atoms with E-state index in [0.717, 1.165) is 10.6 Å². The number of nitrogens with zero attached hydrogens (tertiary/aromatic N) is 1. The first-order chi connectivity index (χ1) is 8.11. The molecule has 0 aliphatic carbocycles. The topological polar surface area (TPSA) is 46.6 Å². The van der Waals surface area contributed by atoms with Crippen LogP contribution < -0.4 is 0 Å². The second-order valence-corrected chi connectivity index (χ2v) is 4.03. The molecule has 4 nitrogen and oxygen atoms in total. The van der Waals surface area contributed by atoms with Crippen LogP contribution in [-0.4, -0.2) is 23.5 Å². The molecule has 0 N–H and O–H groups in total. The van der Waals surface area contributed by atoms with E-state index in [2.05, 4.69) is 0 Å². The first-order valence-electron chi connectivity index (χ1n) is 5.35. The predicted octanol–water partition coefficient (Wildman–Crippen LogP) is 2.18. The highest BCUT2D eigenvalue weighted by atomic mass is 16.7. The fourth-order valence-corrected chi connectivity index (χ4v) is 1.56. The number of hydroxylamine groups is 2. The van der Waals surface area contributed by atoms with Gasteiger partial charge in [0.05, 0.1) is 17.7 Å². The molecule has 1 aromatic rings.